The van der Waals surface area contributed by atoms with Crippen LogP contribution in [0.5, 0.6) is 0 Å². The molecular formula is C13H27N5. The minimum atomic E-state index is 0.420. The van der Waals surface area contributed by atoms with Gasteiger partial charge in [0.2, 0.25) is 5.96 Å². The molecule has 0 atom stereocenters. The van der Waals surface area contributed by atoms with Crippen molar-refractivity contribution in [3.05, 3.63) is 0 Å². The summed E-state index contributed by atoms with van der Waals surface area (Å²) in [7, 11) is 2.17. The topological polar surface area (TPSA) is 65.7 Å². The normalized spacial score (nSPS) is 25.1. The average Bonchev–Trinajstić information content (AvgIpc) is 2.41. The first-order valence-corrected chi connectivity index (χ1v) is 7.27. The summed E-state index contributed by atoms with van der Waals surface area (Å²) >= 11 is 0. The Kier molecular flexibility index (Phi) is 5.26. The number of nitrogens with two attached hydrogens (primary N) is 1. The van der Waals surface area contributed by atoms with Gasteiger partial charge in [0.1, 0.15) is 0 Å². The van der Waals surface area contributed by atoms with E-state index in [1.807, 2.05) is 0 Å². The predicted octanol–water partition coefficient (Wildman–Crippen LogP) is 0.822. The van der Waals surface area contributed by atoms with Crippen molar-refractivity contribution in [1.82, 2.24) is 15.6 Å². The largest absolute Gasteiger partial charge is 0.353 e. The molecule has 1 saturated carbocycles. The van der Waals surface area contributed by atoms with Gasteiger partial charge in [0, 0.05) is 6.04 Å². The molecule has 0 aromatic carbocycles. The second kappa shape index (κ2) is 6.95. The Bertz CT molecular complexity index is 265. The number of hydrogen-bond acceptors (Lipinski definition) is 3. The van der Waals surface area contributed by atoms with Crippen LogP contribution in [0.15, 0.2) is 4.99 Å². The van der Waals surface area contributed by atoms with Crippen LogP contribution >= 0.6 is 0 Å². The minimum Gasteiger partial charge on any atom is -0.353 e. The summed E-state index contributed by atoms with van der Waals surface area (Å²) in [6.07, 6.45) is 8.77. The Hall–Kier alpha value is -0.810. The summed E-state index contributed by atoms with van der Waals surface area (Å²) in [6, 6.07) is 0.975. The molecule has 2 fully saturated rings. The fourth-order valence-electron chi connectivity index (χ4n) is 2.86. The molecule has 0 spiro atoms. The van der Waals surface area contributed by atoms with Gasteiger partial charge in [-0.1, -0.05) is 19.3 Å². The van der Waals surface area contributed by atoms with E-state index in [0.29, 0.717) is 12.1 Å². The van der Waals surface area contributed by atoms with Crippen molar-refractivity contribution in [2.75, 3.05) is 20.1 Å². The van der Waals surface area contributed by atoms with Crippen molar-refractivity contribution < 1.29 is 0 Å². The molecule has 2 aliphatic rings. The van der Waals surface area contributed by atoms with Crippen LogP contribution in [-0.2, 0) is 0 Å². The third-order valence-corrected chi connectivity index (χ3v) is 4.08. The molecule has 0 radical (unpaired) electrons. The van der Waals surface area contributed by atoms with Crippen molar-refractivity contribution in [2.24, 2.45) is 10.8 Å². The summed E-state index contributed by atoms with van der Waals surface area (Å²) < 4.78 is 0. The fourth-order valence-corrected chi connectivity index (χ4v) is 2.86. The molecule has 0 unspecified atom stereocenters. The number of hydrazine groups is 1. The van der Waals surface area contributed by atoms with Gasteiger partial charge in [0.15, 0.2) is 0 Å². The number of likely N-dealkylation sites (tertiary alicyclic amines) is 1. The Morgan fingerprint density at radius 3 is 2.39 bits per heavy atom. The molecule has 0 bridgehead atoms. The summed E-state index contributed by atoms with van der Waals surface area (Å²) in [5, 5.41) is 3.46. The van der Waals surface area contributed by atoms with E-state index < -0.39 is 0 Å². The standard InChI is InChI=1S/C13H27N5/c1-18-9-7-12(8-10-18)16-13(17-14)15-11-5-3-2-4-6-11/h11-12H,2-10,14H2,1H3,(H2,15,16,17). The molecule has 1 aliphatic carbocycles. The SMILES string of the molecule is CN1CCC(N=C(NN)NC2CCCCC2)CC1. The van der Waals surface area contributed by atoms with Crippen LogP contribution in [0.2, 0.25) is 0 Å². The number of nitrogens with zero attached hydrogens (tertiary/aromatic N) is 2. The van der Waals surface area contributed by atoms with Gasteiger partial charge in [-0.15, -0.1) is 0 Å². The Labute approximate surface area is 110 Å². The van der Waals surface area contributed by atoms with Crippen molar-refractivity contribution in [2.45, 2.75) is 57.0 Å². The van der Waals surface area contributed by atoms with Gasteiger partial charge < -0.3 is 10.2 Å². The van der Waals surface area contributed by atoms with Gasteiger partial charge >= 0.3 is 0 Å². The van der Waals surface area contributed by atoms with Gasteiger partial charge in [-0.25, -0.2) is 10.8 Å². The highest BCUT2D eigenvalue weighted by Gasteiger charge is 2.18. The zero-order valence-electron chi connectivity index (χ0n) is 11.5. The summed E-state index contributed by atoms with van der Waals surface area (Å²) in [5.41, 5.74) is 2.73. The first kappa shape index (κ1) is 13.6. The number of rotatable bonds is 2. The maximum atomic E-state index is 5.58. The van der Waals surface area contributed by atoms with Crippen molar-refractivity contribution in [3.63, 3.8) is 0 Å². The molecule has 2 rings (SSSR count). The summed E-state index contributed by atoms with van der Waals surface area (Å²) in [4.78, 5) is 7.08. The van der Waals surface area contributed by atoms with E-state index in [-0.39, 0.29) is 0 Å². The number of piperidine rings is 1. The lowest BCUT2D eigenvalue weighted by atomic mass is 9.96. The van der Waals surface area contributed by atoms with Crippen LogP contribution in [0.4, 0.5) is 0 Å². The molecule has 1 saturated heterocycles. The van der Waals surface area contributed by atoms with Gasteiger partial charge in [-0.3, -0.25) is 5.43 Å². The second-order valence-corrected chi connectivity index (χ2v) is 5.64. The zero-order valence-corrected chi connectivity index (χ0v) is 11.5. The zero-order chi connectivity index (χ0) is 12.8. The van der Waals surface area contributed by atoms with E-state index in [2.05, 4.69) is 22.7 Å². The monoisotopic (exact) mass is 253 g/mol. The highest BCUT2D eigenvalue weighted by molar-refractivity contribution is 5.79. The number of aliphatic imine (C=N–C) groups is 1. The average molecular weight is 253 g/mol. The molecule has 0 aromatic heterocycles. The Morgan fingerprint density at radius 1 is 1.11 bits per heavy atom. The predicted molar refractivity (Wildman–Crippen MR) is 75.3 cm³/mol. The molecule has 5 nitrogen and oxygen atoms in total. The molecule has 4 N–H and O–H groups in total. The third kappa shape index (κ3) is 4.14. The molecule has 5 heteroatoms. The quantitative estimate of drug-likeness (QED) is 0.295. The van der Waals surface area contributed by atoms with E-state index in [0.717, 1.165) is 31.9 Å². The molecule has 18 heavy (non-hydrogen) atoms. The van der Waals surface area contributed by atoms with E-state index >= 15 is 0 Å². The summed E-state index contributed by atoms with van der Waals surface area (Å²) in [6.45, 7) is 2.27. The molecule has 1 aliphatic heterocycles. The van der Waals surface area contributed by atoms with Crippen molar-refractivity contribution in [1.29, 1.82) is 0 Å². The van der Waals surface area contributed by atoms with Crippen LogP contribution in [0.25, 0.3) is 0 Å². The van der Waals surface area contributed by atoms with Crippen LogP contribution in [0.3, 0.4) is 0 Å². The maximum absolute atomic E-state index is 5.58. The molecule has 1 heterocycles. The number of nitrogens with one attached hydrogen (secondary N) is 2. The van der Waals surface area contributed by atoms with Crippen molar-refractivity contribution in [3.8, 4) is 0 Å². The highest BCUT2D eigenvalue weighted by atomic mass is 15.3. The van der Waals surface area contributed by atoms with Gasteiger partial charge in [-0.2, -0.15) is 0 Å². The first-order chi connectivity index (χ1) is 8.78. The maximum Gasteiger partial charge on any atom is 0.206 e. The number of guanidine groups is 1. The first-order valence-electron chi connectivity index (χ1n) is 7.27. The van der Waals surface area contributed by atoms with Crippen molar-refractivity contribution >= 4 is 5.96 Å². The van der Waals surface area contributed by atoms with Crippen LogP contribution in [-0.4, -0.2) is 43.1 Å². The minimum absolute atomic E-state index is 0.420. The van der Waals surface area contributed by atoms with E-state index in [1.54, 1.807) is 0 Å². The molecule has 0 amide bonds. The lowest BCUT2D eigenvalue weighted by Crippen LogP contribution is -2.48. The van der Waals surface area contributed by atoms with Crippen LogP contribution in [0, 0.1) is 0 Å². The Balaban J connectivity index is 1.82. The second-order valence-electron chi connectivity index (χ2n) is 5.64. The van der Waals surface area contributed by atoms with Gasteiger partial charge in [0.05, 0.1) is 6.04 Å². The van der Waals surface area contributed by atoms with Crippen LogP contribution in [0.1, 0.15) is 44.9 Å². The molecule has 0 aromatic rings. The third-order valence-electron chi connectivity index (χ3n) is 4.08. The molecule has 104 valence electrons. The Morgan fingerprint density at radius 2 is 1.78 bits per heavy atom. The lowest BCUT2D eigenvalue weighted by Gasteiger charge is -2.28. The summed E-state index contributed by atoms with van der Waals surface area (Å²) in [5.74, 6) is 6.37. The fraction of sp³-hybridized carbons (Fsp3) is 0.923. The van der Waals surface area contributed by atoms with Gasteiger partial charge in [0.25, 0.3) is 0 Å². The van der Waals surface area contributed by atoms with Gasteiger partial charge in [-0.05, 0) is 45.8 Å². The van der Waals surface area contributed by atoms with Crippen LogP contribution < -0.4 is 16.6 Å². The molecular weight excluding hydrogens is 226 g/mol. The highest BCUT2D eigenvalue weighted by Crippen LogP contribution is 2.17. The lowest BCUT2D eigenvalue weighted by molar-refractivity contribution is 0.256. The number of hydrogen-bond donors (Lipinski definition) is 3. The smallest absolute Gasteiger partial charge is 0.206 e. The van der Waals surface area contributed by atoms with E-state index in [1.165, 1.54) is 32.1 Å². The van der Waals surface area contributed by atoms with E-state index in [4.69, 9.17) is 10.8 Å². The van der Waals surface area contributed by atoms with E-state index in [9.17, 15) is 0 Å².